The molecule has 1 fully saturated rings. The number of nitrogens with one attached hydrogen (secondary N) is 1. The number of carbonyl (C=O) groups excluding carboxylic acids is 1. The minimum absolute atomic E-state index is 0.00246. The van der Waals surface area contributed by atoms with Gasteiger partial charge in [-0.15, -0.1) is 0 Å². The van der Waals surface area contributed by atoms with E-state index in [2.05, 4.69) is 12.2 Å². The van der Waals surface area contributed by atoms with Crippen LogP contribution in [0, 0.1) is 23.0 Å². The summed E-state index contributed by atoms with van der Waals surface area (Å²) in [4.78, 5) is 22.7. The third kappa shape index (κ3) is 3.80. The number of hydrogen-bond donors (Lipinski definition) is 1. The number of nitrogens with zero attached hydrogens (tertiary/aromatic N) is 1. The number of benzene rings is 1. The zero-order valence-corrected chi connectivity index (χ0v) is 12.6. The number of rotatable bonds is 4. The van der Waals surface area contributed by atoms with Gasteiger partial charge in [-0.25, -0.2) is 0 Å². The Bertz CT molecular complexity index is 534. The van der Waals surface area contributed by atoms with Gasteiger partial charge in [-0.05, 0) is 44.6 Å². The highest BCUT2D eigenvalue weighted by Crippen LogP contribution is 2.27. The first kappa shape index (κ1) is 15.5. The third-order valence-corrected chi connectivity index (χ3v) is 4.43. The molecule has 1 N–H and O–H groups in total. The van der Waals surface area contributed by atoms with Gasteiger partial charge in [0.15, 0.2) is 0 Å². The molecule has 0 spiro atoms. The Labute approximate surface area is 124 Å². The fraction of sp³-hybridized carbons (Fsp3) is 0.562. The summed E-state index contributed by atoms with van der Waals surface area (Å²) in [6.45, 7) is 3.88. The van der Waals surface area contributed by atoms with E-state index in [4.69, 9.17) is 0 Å². The number of carbonyl (C=O) groups is 1. The minimum Gasteiger partial charge on any atom is -0.349 e. The van der Waals surface area contributed by atoms with Gasteiger partial charge in [-0.1, -0.05) is 19.4 Å². The molecule has 1 aliphatic rings. The number of hydrogen-bond acceptors (Lipinski definition) is 3. The van der Waals surface area contributed by atoms with Gasteiger partial charge in [0.2, 0.25) is 0 Å². The Hall–Kier alpha value is -1.91. The van der Waals surface area contributed by atoms with Crippen molar-refractivity contribution in [2.24, 2.45) is 5.92 Å². The van der Waals surface area contributed by atoms with Crippen LogP contribution in [-0.4, -0.2) is 16.9 Å². The summed E-state index contributed by atoms with van der Waals surface area (Å²) in [5, 5.41) is 13.9. The summed E-state index contributed by atoms with van der Waals surface area (Å²) < 4.78 is 0. The maximum atomic E-state index is 12.2. The Morgan fingerprint density at radius 2 is 2.00 bits per heavy atom. The second-order valence-electron chi connectivity index (χ2n) is 5.86. The van der Waals surface area contributed by atoms with Crippen molar-refractivity contribution in [2.45, 2.75) is 52.0 Å². The van der Waals surface area contributed by atoms with Crippen LogP contribution in [0.1, 0.15) is 54.9 Å². The van der Waals surface area contributed by atoms with Crippen LogP contribution < -0.4 is 5.32 Å². The summed E-state index contributed by atoms with van der Waals surface area (Å²) in [7, 11) is 0. The summed E-state index contributed by atoms with van der Waals surface area (Å²) in [6, 6.07) is 4.83. The highest BCUT2D eigenvalue weighted by Gasteiger charge is 2.22. The van der Waals surface area contributed by atoms with Crippen molar-refractivity contribution < 1.29 is 9.72 Å². The first-order valence-corrected chi connectivity index (χ1v) is 7.57. The van der Waals surface area contributed by atoms with Gasteiger partial charge < -0.3 is 5.32 Å². The van der Waals surface area contributed by atoms with Crippen LogP contribution in [0.3, 0.4) is 0 Å². The summed E-state index contributed by atoms with van der Waals surface area (Å²) in [6.07, 6.45) is 5.49. The molecule has 1 aromatic carbocycles. The van der Waals surface area contributed by atoms with E-state index in [1.807, 2.05) is 0 Å². The smallest absolute Gasteiger partial charge is 0.273 e. The van der Waals surface area contributed by atoms with Crippen molar-refractivity contribution in [2.75, 3.05) is 0 Å². The predicted molar refractivity (Wildman–Crippen MR) is 81.3 cm³/mol. The molecule has 5 nitrogen and oxygen atoms in total. The highest BCUT2D eigenvalue weighted by atomic mass is 16.6. The molecule has 5 heteroatoms. The van der Waals surface area contributed by atoms with E-state index in [-0.39, 0.29) is 17.6 Å². The standard InChI is InChI=1S/C16H22N2O3/c1-3-12-5-8-14(9-6-12)17-16(19)13-7-4-11(2)15(10-13)18(20)21/h4,7,10,12,14H,3,5-6,8-9H2,1-2H3,(H,17,19). The summed E-state index contributed by atoms with van der Waals surface area (Å²) in [5.74, 6) is 0.566. The van der Waals surface area contributed by atoms with Crippen molar-refractivity contribution >= 4 is 11.6 Å². The lowest BCUT2D eigenvalue weighted by atomic mass is 9.84. The minimum atomic E-state index is -0.446. The van der Waals surface area contributed by atoms with E-state index in [0.717, 1.165) is 31.6 Å². The molecule has 1 aliphatic carbocycles. The van der Waals surface area contributed by atoms with E-state index >= 15 is 0 Å². The highest BCUT2D eigenvalue weighted by molar-refractivity contribution is 5.95. The molecule has 21 heavy (non-hydrogen) atoms. The van der Waals surface area contributed by atoms with Gasteiger partial charge in [0.1, 0.15) is 0 Å². The molecule has 1 saturated carbocycles. The van der Waals surface area contributed by atoms with E-state index in [1.165, 1.54) is 12.5 Å². The maximum Gasteiger partial charge on any atom is 0.273 e. The first-order valence-electron chi connectivity index (χ1n) is 7.57. The number of aryl methyl sites for hydroxylation is 1. The number of amides is 1. The fourth-order valence-electron chi connectivity index (χ4n) is 2.93. The predicted octanol–water partition coefficient (Wildman–Crippen LogP) is 3.60. The molecule has 1 aromatic rings. The average molecular weight is 290 g/mol. The summed E-state index contributed by atoms with van der Waals surface area (Å²) in [5.41, 5.74) is 0.933. The maximum absolute atomic E-state index is 12.2. The van der Waals surface area contributed by atoms with Crippen LogP contribution in [0.5, 0.6) is 0 Å². The van der Waals surface area contributed by atoms with Gasteiger partial charge >= 0.3 is 0 Å². The topological polar surface area (TPSA) is 72.2 Å². The molecule has 0 bridgehead atoms. The lowest BCUT2D eigenvalue weighted by Crippen LogP contribution is -2.37. The first-order chi connectivity index (χ1) is 10.0. The Balaban J connectivity index is 2.01. The molecular formula is C16H22N2O3. The molecule has 0 aromatic heterocycles. The third-order valence-electron chi connectivity index (χ3n) is 4.43. The van der Waals surface area contributed by atoms with Crippen molar-refractivity contribution in [3.05, 3.63) is 39.4 Å². The van der Waals surface area contributed by atoms with Crippen molar-refractivity contribution in [1.82, 2.24) is 5.32 Å². The van der Waals surface area contributed by atoms with Gasteiger partial charge in [0, 0.05) is 23.2 Å². The van der Waals surface area contributed by atoms with Crippen molar-refractivity contribution in [3.63, 3.8) is 0 Å². The van der Waals surface area contributed by atoms with Crippen molar-refractivity contribution in [1.29, 1.82) is 0 Å². The molecule has 114 valence electrons. The van der Waals surface area contributed by atoms with Crippen LogP contribution in [0.2, 0.25) is 0 Å². The largest absolute Gasteiger partial charge is 0.349 e. The molecule has 1 amide bonds. The molecule has 0 unspecified atom stereocenters. The fourth-order valence-corrected chi connectivity index (χ4v) is 2.93. The Morgan fingerprint density at radius 3 is 2.57 bits per heavy atom. The lowest BCUT2D eigenvalue weighted by Gasteiger charge is -2.28. The van der Waals surface area contributed by atoms with Crippen LogP contribution in [0.25, 0.3) is 0 Å². The zero-order valence-electron chi connectivity index (χ0n) is 12.6. The van der Waals surface area contributed by atoms with Crippen LogP contribution in [0.15, 0.2) is 18.2 Å². The van der Waals surface area contributed by atoms with Gasteiger partial charge in [0.25, 0.3) is 11.6 Å². The van der Waals surface area contributed by atoms with E-state index < -0.39 is 4.92 Å². The van der Waals surface area contributed by atoms with Gasteiger partial charge in [-0.3, -0.25) is 14.9 Å². The Morgan fingerprint density at radius 1 is 1.33 bits per heavy atom. The second-order valence-corrected chi connectivity index (χ2v) is 5.86. The molecule has 0 radical (unpaired) electrons. The molecular weight excluding hydrogens is 268 g/mol. The van der Waals surface area contributed by atoms with E-state index in [1.54, 1.807) is 19.1 Å². The normalized spacial score (nSPS) is 21.8. The number of nitro groups is 1. The molecule has 0 atom stereocenters. The molecule has 2 rings (SSSR count). The average Bonchev–Trinajstić information content (AvgIpc) is 2.48. The lowest BCUT2D eigenvalue weighted by molar-refractivity contribution is -0.385. The molecule has 0 saturated heterocycles. The quantitative estimate of drug-likeness (QED) is 0.680. The van der Waals surface area contributed by atoms with E-state index in [9.17, 15) is 14.9 Å². The van der Waals surface area contributed by atoms with Crippen LogP contribution in [-0.2, 0) is 0 Å². The van der Waals surface area contributed by atoms with Crippen LogP contribution >= 0.6 is 0 Å². The molecule has 0 heterocycles. The zero-order chi connectivity index (χ0) is 15.4. The van der Waals surface area contributed by atoms with E-state index in [0.29, 0.717) is 11.1 Å². The van der Waals surface area contributed by atoms with Gasteiger partial charge in [0.05, 0.1) is 4.92 Å². The second kappa shape index (κ2) is 6.70. The van der Waals surface area contributed by atoms with Gasteiger partial charge in [-0.2, -0.15) is 0 Å². The Kier molecular flexibility index (Phi) is 4.94. The van der Waals surface area contributed by atoms with Crippen molar-refractivity contribution in [3.8, 4) is 0 Å². The number of nitro benzene ring substituents is 1. The molecule has 0 aliphatic heterocycles. The SMILES string of the molecule is CCC1CCC(NC(=O)c2ccc(C)c([N+](=O)[O-])c2)CC1. The summed E-state index contributed by atoms with van der Waals surface area (Å²) >= 11 is 0. The van der Waals surface area contributed by atoms with Crippen LogP contribution in [0.4, 0.5) is 5.69 Å². The monoisotopic (exact) mass is 290 g/mol.